The number of carbonyl (C=O) groups is 2. The molecule has 3 aromatic rings. The molecule has 2 aromatic heterocycles. The Labute approximate surface area is 243 Å². The van der Waals surface area contributed by atoms with Gasteiger partial charge in [-0.05, 0) is 57.6 Å². The molecule has 1 aromatic carbocycles. The van der Waals surface area contributed by atoms with Gasteiger partial charge in [-0.25, -0.2) is 14.8 Å². The highest BCUT2D eigenvalue weighted by atomic mass is 35.5. The number of likely N-dealkylation sites (tertiary alicyclic amines) is 1. The fourth-order valence-corrected chi connectivity index (χ4v) is 6.82. The molecule has 3 N–H and O–H groups in total. The first-order chi connectivity index (χ1) is 19.0. The lowest BCUT2D eigenvalue weighted by molar-refractivity contribution is -0.132. The highest BCUT2D eigenvalue weighted by molar-refractivity contribution is 7.99. The normalized spacial score (nSPS) is 19.2. The van der Waals surface area contributed by atoms with Gasteiger partial charge in [0.15, 0.2) is 5.65 Å². The number of hydrogen-bond donors (Lipinski definition) is 2. The number of hydrogen-bond acceptors (Lipinski definition) is 8. The van der Waals surface area contributed by atoms with Crippen molar-refractivity contribution in [3.8, 4) is 0 Å². The van der Waals surface area contributed by atoms with Gasteiger partial charge in [0, 0.05) is 56.6 Å². The Morgan fingerprint density at radius 2 is 1.88 bits per heavy atom. The molecule has 1 unspecified atom stereocenters. The third-order valence-electron chi connectivity index (χ3n) is 7.79. The largest absolute Gasteiger partial charge is 0.444 e. The molecule has 2 amide bonds. The number of benzene rings is 1. The number of alkyl carbamates (subject to hydrolysis) is 1. The van der Waals surface area contributed by atoms with Crippen LogP contribution in [0.3, 0.4) is 0 Å². The summed E-state index contributed by atoms with van der Waals surface area (Å²) in [7, 11) is 0. The minimum Gasteiger partial charge on any atom is -0.444 e. The zero-order chi connectivity index (χ0) is 28.7. The smallest absolute Gasteiger partial charge is 0.407 e. The molecular formula is C28H36ClN7O3S. The van der Waals surface area contributed by atoms with Crippen LogP contribution >= 0.6 is 23.4 Å². The Hall–Kier alpha value is -3.18. The van der Waals surface area contributed by atoms with Crippen molar-refractivity contribution in [2.75, 3.05) is 36.8 Å². The number of imidazole rings is 1. The van der Waals surface area contributed by atoms with Crippen LogP contribution in [0.5, 0.6) is 0 Å². The molecule has 40 heavy (non-hydrogen) atoms. The zero-order valence-electron chi connectivity index (χ0n) is 23.3. The highest BCUT2D eigenvalue weighted by Gasteiger charge is 2.47. The summed E-state index contributed by atoms with van der Waals surface area (Å²) in [4.78, 5) is 40.2. The molecule has 4 heterocycles. The second kappa shape index (κ2) is 11.0. The Bertz CT molecular complexity index is 1410. The second-order valence-electron chi connectivity index (χ2n) is 11.6. The van der Waals surface area contributed by atoms with Crippen LogP contribution in [0.15, 0.2) is 46.6 Å². The van der Waals surface area contributed by atoms with Gasteiger partial charge in [-0.3, -0.25) is 9.20 Å². The maximum absolute atomic E-state index is 12.7. The zero-order valence-corrected chi connectivity index (χ0v) is 24.9. The summed E-state index contributed by atoms with van der Waals surface area (Å²) < 4.78 is 7.58. The molecule has 2 fully saturated rings. The van der Waals surface area contributed by atoms with E-state index in [1.165, 1.54) is 11.8 Å². The van der Waals surface area contributed by atoms with E-state index in [2.05, 4.69) is 15.2 Å². The molecule has 5 rings (SSSR count). The summed E-state index contributed by atoms with van der Waals surface area (Å²) in [5.74, 6) is 0.843. The van der Waals surface area contributed by atoms with E-state index < -0.39 is 11.7 Å². The Morgan fingerprint density at radius 3 is 2.58 bits per heavy atom. The van der Waals surface area contributed by atoms with Crippen molar-refractivity contribution in [3.05, 3.63) is 41.8 Å². The fraction of sp³-hybridized carbons (Fsp3) is 0.500. The molecule has 2 aliphatic heterocycles. The minimum absolute atomic E-state index is 0.0208. The van der Waals surface area contributed by atoms with Crippen LogP contribution in [0.25, 0.3) is 5.65 Å². The molecule has 12 heteroatoms. The number of anilines is 2. The van der Waals surface area contributed by atoms with Crippen LogP contribution < -0.4 is 16.0 Å². The number of amides is 2. The first kappa shape index (κ1) is 28.4. The monoisotopic (exact) mass is 585 g/mol. The first-order valence-corrected chi connectivity index (χ1v) is 14.7. The number of nitrogens with two attached hydrogens (primary N) is 1. The lowest BCUT2D eigenvalue weighted by Gasteiger charge is -2.51. The van der Waals surface area contributed by atoms with Gasteiger partial charge < -0.3 is 25.6 Å². The summed E-state index contributed by atoms with van der Waals surface area (Å²) in [5, 5.41) is 3.63. The Morgan fingerprint density at radius 1 is 1.15 bits per heavy atom. The van der Waals surface area contributed by atoms with Crippen LogP contribution in [0.4, 0.5) is 16.4 Å². The van der Waals surface area contributed by atoms with Gasteiger partial charge in [0.05, 0.1) is 21.6 Å². The quantitative estimate of drug-likeness (QED) is 0.417. The molecule has 2 saturated heterocycles. The van der Waals surface area contributed by atoms with Crippen molar-refractivity contribution in [1.29, 1.82) is 0 Å². The SMILES string of the molecule is CC(=O)N1CCC2(CCN(c3ncc(Sc4cccc(N)c4Cl)c4nccn34)CC2)C(NC(=O)OC(C)(C)C)C1. The summed E-state index contributed by atoms with van der Waals surface area (Å²) in [6.07, 6.45) is 7.62. The van der Waals surface area contributed by atoms with E-state index in [9.17, 15) is 9.59 Å². The topological polar surface area (TPSA) is 118 Å². The Kier molecular flexibility index (Phi) is 7.80. The third-order valence-corrected chi connectivity index (χ3v) is 9.39. The molecule has 214 valence electrons. The molecule has 0 bridgehead atoms. The van der Waals surface area contributed by atoms with Crippen LogP contribution in [0.1, 0.15) is 47.0 Å². The lowest BCUT2D eigenvalue weighted by atomic mass is 9.68. The fourth-order valence-electron chi connectivity index (χ4n) is 5.64. The van der Waals surface area contributed by atoms with Crippen molar-refractivity contribution >= 4 is 52.6 Å². The Balaban J connectivity index is 1.34. The highest BCUT2D eigenvalue weighted by Crippen LogP contribution is 2.43. The van der Waals surface area contributed by atoms with E-state index in [1.807, 2.05) is 54.6 Å². The number of fused-ring (bicyclic) bond motifs is 1. The third kappa shape index (κ3) is 5.81. The van der Waals surface area contributed by atoms with Gasteiger partial charge >= 0.3 is 6.09 Å². The second-order valence-corrected chi connectivity index (χ2v) is 13.0. The summed E-state index contributed by atoms with van der Waals surface area (Å²) in [5.41, 5.74) is 6.60. The number of nitrogen functional groups attached to an aromatic ring is 1. The molecule has 2 aliphatic rings. The summed E-state index contributed by atoms with van der Waals surface area (Å²) >= 11 is 7.92. The minimum atomic E-state index is -0.597. The van der Waals surface area contributed by atoms with E-state index in [4.69, 9.17) is 27.1 Å². The molecular weight excluding hydrogens is 550 g/mol. The van der Waals surface area contributed by atoms with Gasteiger partial charge in [0.2, 0.25) is 11.9 Å². The van der Waals surface area contributed by atoms with Crippen molar-refractivity contribution < 1.29 is 14.3 Å². The van der Waals surface area contributed by atoms with Crippen LogP contribution in [-0.4, -0.2) is 69.1 Å². The number of rotatable bonds is 4. The molecule has 0 radical (unpaired) electrons. The van der Waals surface area contributed by atoms with Crippen LogP contribution in [0, 0.1) is 5.41 Å². The number of nitrogens with zero attached hydrogens (tertiary/aromatic N) is 5. The summed E-state index contributed by atoms with van der Waals surface area (Å²) in [6, 6.07) is 5.40. The predicted octanol–water partition coefficient (Wildman–Crippen LogP) is 4.85. The molecule has 0 aliphatic carbocycles. The van der Waals surface area contributed by atoms with Crippen molar-refractivity contribution in [1.82, 2.24) is 24.6 Å². The summed E-state index contributed by atoms with van der Waals surface area (Å²) in [6.45, 7) is 9.82. The standard InChI is InChI=1S/C28H36ClN7O3S/c1-18(37)35-14-10-28(22(17-35)33-26(38)39-27(2,3)4)8-12-34(13-9-28)25-32-16-21(24-31-11-15-36(24)25)40-20-7-5-6-19(30)23(20)29/h5-7,11,15-16,22H,8-10,12-14,17,30H2,1-4H3,(H,33,38). The van der Waals surface area contributed by atoms with Gasteiger partial charge in [0.1, 0.15) is 5.60 Å². The lowest BCUT2D eigenvalue weighted by Crippen LogP contribution is -2.62. The first-order valence-electron chi connectivity index (χ1n) is 13.5. The van der Waals surface area contributed by atoms with Gasteiger partial charge in [-0.2, -0.15) is 0 Å². The number of piperidine rings is 2. The van der Waals surface area contributed by atoms with Crippen molar-refractivity contribution in [2.45, 2.75) is 68.4 Å². The van der Waals surface area contributed by atoms with Gasteiger partial charge in [-0.15, -0.1) is 0 Å². The van der Waals surface area contributed by atoms with E-state index in [0.717, 1.165) is 53.7 Å². The number of halogens is 1. The maximum atomic E-state index is 12.7. The molecule has 0 saturated carbocycles. The maximum Gasteiger partial charge on any atom is 0.407 e. The van der Waals surface area contributed by atoms with E-state index >= 15 is 0 Å². The average Bonchev–Trinajstić information content (AvgIpc) is 3.38. The number of aromatic nitrogens is 3. The molecule has 1 spiro atoms. The number of ether oxygens (including phenoxy) is 1. The van der Waals surface area contributed by atoms with E-state index in [-0.39, 0.29) is 17.4 Å². The predicted molar refractivity (Wildman–Crippen MR) is 157 cm³/mol. The van der Waals surface area contributed by atoms with Gasteiger partial charge in [0.25, 0.3) is 0 Å². The molecule has 10 nitrogen and oxygen atoms in total. The van der Waals surface area contributed by atoms with Crippen molar-refractivity contribution in [3.63, 3.8) is 0 Å². The van der Waals surface area contributed by atoms with Crippen LogP contribution in [0.2, 0.25) is 5.02 Å². The molecule has 1 atom stereocenters. The number of nitrogens with one attached hydrogen (secondary N) is 1. The average molecular weight is 586 g/mol. The van der Waals surface area contributed by atoms with Crippen LogP contribution in [-0.2, 0) is 9.53 Å². The van der Waals surface area contributed by atoms with E-state index in [0.29, 0.717) is 23.8 Å². The van der Waals surface area contributed by atoms with E-state index in [1.54, 1.807) is 19.2 Å². The van der Waals surface area contributed by atoms with Gasteiger partial charge in [-0.1, -0.05) is 29.4 Å². The van der Waals surface area contributed by atoms with Crippen molar-refractivity contribution in [2.24, 2.45) is 5.41 Å². The number of carbonyl (C=O) groups excluding carboxylic acids is 2.